The first-order valence-electron chi connectivity index (χ1n) is 13.3. The first kappa shape index (κ1) is 31.8. The van der Waals surface area contributed by atoms with Crippen LogP contribution in [-0.2, 0) is 20.0 Å². The lowest BCUT2D eigenvalue weighted by Crippen LogP contribution is -2.50. The number of hydrogen-bond donors (Lipinski definition) is 2. The monoisotopic (exact) mass is 635 g/mol. The van der Waals surface area contributed by atoms with Crippen LogP contribution in [0.15, 0.2) is 76.5 Å². The van der Waals surface area contributed by atoms with E-state index in [1.165, 1.54) is 66.5 Å². The third-order valence-corrected chi connectivity index (χ3v) is 10.7. The molecular weight excluding hydrogens is 602 g/mol. The number of nitrogens with zero attached hydrogens (tertiary/aromatic N) is 2. The number of benzene rings is 3. The van der Waals surface area contributed by atoms with Gasteiger partial charge in [-0.3, -0.25) is 9.52 Å². The Hall–Kier alpha value is -3.16. The first-order chi connectivity index (χ1) is 19.7. The summed E-state index contributed by atoms with van der Waals surface area (Å²) in [5.41, 5.74) is 1.00. The van der Waals surface area contributed by atoms with Gasteiger partial charge in [-0.2, -0.15) is 4.31 Å². The van der Waals surface area contributed by atoms with Crippen LogP contribution in [0.2, 0.25) is 5.02 Å². The standard InChI is InChI=1S/C29H34ClN3O7S2/c1-19-8-12-23(13-9-19)41(36,37)31-26-7-5-6-25-28(26)40-27(20(2)16-33(29(25)35)21(3)18-34)17-32(4)42(38,39)24-14-10-22(30)11-15-24/h5-15,20-21,27,31,34H,16-18H2,1-4H3/t20-,21+,27-/m1/s1. The summed E-state index contributed by atoms with van der Waals surface area (Å²) in [4.78, 5) is 15.3. The maximum absolute atomic E-state index is 13.7. The molecule has 1 amide bonds. The Bertz CT molecular complexity index is 1650. The van der Waals surface area contributed by atoms with Crippen molar-refractivity contribution < 1.29 is 31.5 Å². The zero-order valence-electron chi connectivity index (χ0n) is 23.7. The normalized spacial score (nSPS) is 18.5. The van der Waals surface area contributed by atoms with E-state index in [4.69, 9.17) is 16.3 Å². The molecule has 226 valence electrons. The van der Waals surface area contributed by atoms with Gasteiger partial charge in [0.15, 0.2) is 5.75 Å². The number of aliphatic hydroxyl groups is 1. The highest BCUT2D eigenvalue weighted by Gasteiger charge is 2.36. The molecule has 0 bridgehead atoms. The number of para-hydroxylation sites is 1. The smallest absolute Gasteiger partial charge is 0.262 e. The van der Waals surface area contributed by atoms with Crippen molar-refractivity contribution in [3.63, 3.8) is 0 Å². The lowest BCUT2D eigenvalue weighted by molar-refractivity contribution is 0.0389. The van der Waals surface area contributed by atoms with E-state index in [0.29, 0.717) is 5.02 Å². The number of sulfonamides is 2. The molecule has 13 heteroatoms. The molecule has 1 heterocycles. The fraction of sp³-hybridized carbons (Fsp3) is 0.345. The number of nitrogens with one attached hydrogen (secondary N) is 1. The fourth-order valence-corrected chi connectivity index (χ4v) is 6.97. The molecule has 0 saturated carbocycles. The number of halogens is 1. The molecular formula is C29H34ClN3O7S2. The van der Waals surface area contributed by atoms with Gasteiger partial charge in [-0.05, 0) is 62.4 Å². The summed E-state index contributed by atoms with van der Waals surface area (Å²) in [5, 5.41) is 10.3. The van der Waals surface area contributed by atoms with E-state index in [2.05, 4.69) is 4.72 Å². The van der Waals surface area contributed by atoms with E-state index in [1.54, 1.807) is 19.1 Å². The van der Waals surface area contributed by atoms with Crippen LogP contribution in [0.5, 0.6) is 5.75 Å². The van der Waals surface area contributed by atoms with E-state index >= 15 is 0 Å². The van der Waals surface area contributed by atoms with Gasteiger partial charge in [0, 0.05) is 24.5 Å². The lowest BCUT2D eigenvalue weighted by Gasteiger charge is -2.38. The van der Waals surface area contributed by atoms with Crippen LogP contribution >= 0.6 is 11.6 Å². The van der Waals surface area contributed by atoms with E-state index in [-0.39, 0.29) is 46.5 Å². The van der Waals surface area contributed by atoms with Gasteiger partial charge >= 0.3 is 0 Å². The Morgan fingerprint density at radius 1 is 1.05 bits per heavy atom. The average Bonchev–Trinajstić information content (AvgIpc) is 2.95. The summed E-state index contributed by atoms with van der Waals surface area (Å²) in [6.45, 7) is 5.10. The predicted octanol–water partition coefficient (Wildman–Crippen LogP) is 3.99. The maximum atomic E-state index is 13.7. The van der Waals surface area contributed by atoms with Crippen molar-refractivity contribution in [3.05, 3.63) is 82.9 Å². The second-order valence-electron chi connectivity index (χ2n) is 10.5. The minimum absolute atomic E-state index is 0.0251. The largest absolute Gasteiger partial charge is 0.486 e. The first-order valence-corrected chi connectivity index (χ1v) is 16.6. The highest BCUT2D eigenvalue weighted by molar-refractivity contribution is 7.92. The summed E-state index contributed by atoms with van der Waals surface area (Å²) in [5.74, 6) is -0.890. The van der Waals surface area contributed by atoms with Gasteiger partial charge in [0.25, 0.3) is 15.9 Å². The number of carbonyl (C=O) groups excluding carboxylic acids is 1. The van der Waals surface area contributed by atoms with Gasteiger partial charge in [0.05, 0.1) is 40.2 Å². The number of aliphatic hydroxyl groups excluding tert-OH is 1. The van der Waals surface area contributed by atoms with Crippen LogP contribution in [-0.4, -0.2) is 75.9 Å². The molecule has 0 aromatic heterocycles. The number of amides is 1. The summed E-state index contributed by atoms with van der Waals surface area (Å²) in [6.07, 6.45) is -0.803. The fourth-order valence-electron chi connectivity index (χ4n) is 4.60. The Labute approximate surface area is 252 Å². The minimum atomic E-state index is -4.07. The van der Waals surface area contributed by atoms with Crippen LogP contribution < -0.4 is 9.46 Å². The second kappa shape index (κ2) is 12.6. The van der Waals surface area contributed by atoms with Crippen molar-refractivity contribution in [1.29, 1.82) is 0 Å². The molecule has 3 atom stereocenters. The molecule has 4 rings (SSSR count). The number of anilines is 1. The van der Waals surface area contributed by atoms with Gasteiger partial charge in [0.2, 0.25) is 10.0 Å². The van der Waals surface area contributed by atoms with Crippen LogP contribution in [0.25, 0.3) is 0 Å². The van der Waals surface area contributed by atoms with Gasteiger partial charge in [0.1, 0.15) is 6.10 Å². The molecule has 1 aliphatic heterocycles. The maximum Gasteiger partial charge on any atom is 0.262 e. The zero-order valence-corrected chi connectivity index (χ0v) is 26.1. The van der Waals surface area contributed by atoms with E-state index in [1.807, 2.05) is 13.8 Å². The molecule has 0 fully saturated rings. The minimum Gasteiger partial charge on any atom is -0.486 e. The molecule has 10 nitrogen and oxygen atoms in total. The summed E-state index contributed by atoms with van der Waals surface area (Å²) >= 11 is 5.94. The average molecular weight is 636 g/mol. The van der Waals surface area contributed by atoms with Crippen LogP contribution in [0.1, 0.15) is 29.8 Å². The van der Waals surface area contributed by atoms with Gasteiger partial charge in [-0.1, -0.05) is 42.3 Å². The lowest BCUT2D eigenvalue weighted by atomic mass is 9.99. The van der Waals surface area contributed by atoms with E-state index in [9.17, 15) is 26.7 Å². The second-order valence-corrected chi connectivity index (χ2v) is 14.6. The van der Waals surface area contributed by atoms with Crippen molar-refractivity contribution in [2.24, 2.45) is 5.92 Å². The third-order valence-electron chi connectivity index (χ3n) is 7.23. The highest BCUT2D eigenvalue weighted by Crippen LogP contribution is 2.36. The third kappa shape index (κ3) is 6.73. The topological polar surface area (TPSA) is 133 Å². The molecule has 0 saturated heterocycles. The van der Waals surface area contributed by atoms with Crippen molar-refractivity contribution in [2.75, 3.05) is 31.5 Å². The molecule has 0 unspecified atom stereocenters. The molecule has 0 radical (unpaired) electrons. The molecule has 2 N–H and O–H groups in total. The quantitative estimate of drug-likeness (QED) is 0.363. The summed E-state index contributed by atoms with van der Waals surface area (Å²) in [6, 6.07) is 16.1. The molecule has 3 aromatic carbocycles. The van der Waals surface area contributed by atoms with Crippen LogP contribution in [0, 0.1) is 12.8 Å². The molecule has 0 spiro atoms. The van der Waals surface area contributed by atoms with Crippen molar-refractivity contribution in [1.82, 2.24) is 9.21 Å². The predicted molar refractivity (Wildman–Crippen MR) is 161 cm³/mol. The molecule has 3 aromatic rings. The number of carbonyl (C=O) groups is 1. The molecule has 0 aliphatic carbocycles. The van der Waals surface area contributed by atoms with Gasteiger partial charge < -0.3 is 14.7 Å². The van der Waals surface area contributed by atoms with Crippen LogP contribution in [0.3, 0.4) is 0 Å². The molecule has 1 aliphatic rings. The number of hydrogen-bond acceptors (Lipinski definition) is 7. The summed E-state index contributed by atoms with van der Waals surface area (Å²) in [7, 11) is -6.58. The van der Waals surface area contributed by atoms with Gasteiger partial charge in [-0.15, -0.1) is 0 Å². The number of aryl methyl sites for hydroxylation is 1. The van der Waals surface area contributed by atoms with Crippen molar-refractivity contribution in [2.45, 2.75) is 42.7 Å². The van der Waals surface area contributed by atoms with Crippen LogP contribution in [0.4, 0.5) is 5.69 Å². The number of ether oxygens (including phenoxy) is 1. The number of rotatable bonds is 9. The Morgan fingerprint density at radius 3 is 2.29 bits per heavy atom. The van der Waals surface area contributed by atoms with Crippen molar-refractivity contribution >= 4 is 43.2 Å². The number of likely N-dealkylation sites (N-methyl/N-ethyl adjacent to an activating group) is 1. The Balaban J connectivity index is 1.76. The SMILES string of the molecule is Cc1ccc(S(=O)(=O)Nc2cccc3c2O[C@H](CN(C)S(=O)(=O)c2ccc(Cl)cc2)[C@H](C)CN([C@@H](C)CO)C3=O)cc1. The number of fused-ring (bicyclic) bond motifs is 1. The van der Waals surface area contributed by atoms with E-state index < -0.39 is 44.0 Å². The highest BCUT2D eigenvalue weighted by atomic mass is 35.5. The Morgan fingerprint density at radius 2 is 1.67 bits per heavy atom. The van der Waals surface area contributed by atoms with Gasteiger partial charge in [-0.25, -0.2) is 16.8 Å². The zero-order chi connectivity index (χ0) is 30.8. The molecule has 42 heavy (non-hydrogen) atoms. The van der Waals surface area contributed by atoms with E-state index in [0.717, 1.165) is 9.87 Å². The van der Waals surface area contributed by atoms with Crippen molar-refractivity contribution in [3.8, 4) is 5.75 Å². The Kier molecular flexibility index (Phi) is 9.53. The summed E-state index contributed by atoms with van der Waals surface area (Å²) < 4.78 is 63.4.